The van der Waals surface area contributed by atoms with Crippen LogP contribution in [0.25, 0.3) is 33.6 Å². The predicted molar refractivity (Wildman–Crippen MR) is 116 cm³/mol. The van der Waals surface area contributed by atoms with Crippen LogP contribution < -0.4 is 0 Å². The Balaban J connectivity index is 1.57. The highest BCUT2D eigenvalue weighted by Gasteiger charge is 2.14. The lowest BCUT2D eigenvalue weighted by Crippen LogP contribution is -1.97. The third-order valence-electron chi connectivity index (χ3n) is 5.08. The average molecular weight is 408 g/mol. The van der Waals surface area contributed by atoms with E-state index in [4.69, 9.17) is 9.52 Å². The second-order valence-electron chi connectivity index (χ2n) is 7.07. The molecule has 0 aliphatic heterocycles. The summed E-state index contributed by atoms with van der Waals surface area (Å²) in [5.41, 5.74) is 3.90. The Labute approximate surface area is 176 Å². The molecule has 150 valence electrons. The third kappa shape index (κ3) is 3.36. The summed E-state index contributed by atoms with van der Waals surface area (Å²) in [4.78, 5) is 18.8. The van der Waals surface area contributed by atoms with Gasteiger partial charge < -0.3 is 19.1 Å². The van der Waals surface area contributed by atoms with Gasteiger partial charge in [0.05, 0.1) is 23.2 Å². The number of hydrogen-bond acceptors (Lipinski definition) is 4. The van der Waals surface area contributed by atoms with Gasteiger partial charge in [0, 0.05) is 22.7 Å². The molecular formula is C24H16N4O3. The lowest BCUT2D eigenvalue weighted by atomic mass is 10.1. The van der Waals surface area contributed by atoms with E-state index in [9.17, 15) is 10.1 Å². The number of furan rings is 1. The number of hydrogen-bond donors (Lipinski definition) is 2. The zero-order valence-corrected chi connectivity index (χ0v) is 16.2. The number of carboxylic acids is 1. The SMILES string of the molecule is N#C/C(=C/c1cn(Cc2ccc(C(=O)O)o2)c2ccccc12)c1nc2ccccc2[nH]1. The zero-order valence-electron chi connectivity index (χ0n) is 16.2. The van der Waals surface area contributed by atoms with Crippen molar-refractivity contribution >= 4 is 39.6 Å². The van der Waals surface area contributed by atoms with Gasteiger partial charge in [-0.2, -0.15) is 5.26 Å². The fraction of sp³-hybridized carbons (Fsp3) is 0.0417. The molecule has 7 heteroatoms. The molecule has 0 unspecified atom stereocenters. The normalized spacial score (nSPS) is 11.8. The molecular weight excluding hydrogens is 392 g/mol. The maximum Gasteiger partial charge on any atom is 0.371 e. The number of rotatable bonds is 5. The van der Waals surface area contributed by atoms with Crippen LogP contribution in [0.2, 0.25) is 0 Å². The van der Waals surface area contributed by atoms with Crippen LogP contribution >= 0.6 is 0 Å². The van der Waals surface area contributed by atoms with Crippen molar-refractivity contribution in [2.24, 2.45) is 0 Å². The minimum Gasteiger partial charge on any atom is -0.475 e. The van der Waals surface area contributed by atoms with Gasteiger partial charge in [-0.05, 0) is 36.4 Å². The number of aromatic amines is 1. The van der Waals surface area contributed by atoms with E-state index in [2.05, 4.69) is 16.0 Å². The summed E-state index contributed by atoms with van der Waals surface area (Å²) in [6.45, 7) is 0.369. The van der Waals surface area contributed by atoms with E-state index in [-0.39, 0.29) is 5.76 Å². The Kier molecular flexibility index (Phi) is 4.38. The fourth-order valence-electron chi connectivity index (χ4n) is 3.66. The Morgan fingerprint density at radius 3 is 2.74 bits per heavy atom. The first-order valence-corrected chi connectivity index (χ1v) is 9.59. The van der Waals surface area contributed by atoms with Gasteiger partial charge >= 0.3 is 5.97 Å². The first-order chi connectivity index (χ1) is 15.1. The number of nitrogens with one attached hydrogen (secondary N) is 1. The third-order valence-corrected chi connectivity index (χ3v) is 5.08. The van der Waals surface area contributed by atoms with Crippen LogP contribution in [0.5, 0.6) is 0 Å². The number of carbonyl (C=O) groups is 1. The molecule has 0 radical (unpaired) electrons. The van der Waals surface area contributed by atoms with Crippen LogP contribution in [0.1, 0.15) is 27.7 Å². The minimum atomic E-state index is -1.10. The maximum absolute atomic E-state index is 11.1. The Bertz CT molecular complexity index is 1480. The van der Waals surface area contributed by atoms with Crippen molar-refractivity contribution in [2.75, 3.05) is 0 Å². The standard InChI is InChI=1S/C24H16N4O3/c25-12-15(23-26-19-6-2-3-7-20(19)27-23)11-16-13-28(21-8-4-1-5-18(16)21)14-17-9-10-22(31-17)24(29)30/h1-11,13H,14H2,(H,26,27)(H,29,30)/b15-11-. The van der Waals surface area contributed by atoms with E-state index in [1.807, 2.05) is 59.3 Å². The smallest absolute Gasteiger partial charge is 0.371 e. The van der Waals surface area contributed by atoms with Gasteiger partial charge in [-0.15, -0.1) is 0 Å². The number of fused-ring (bicyclic) bond motifs is 2. The molecule has 0 fully saturated rings. The van der Waals surface area contributed by atoms with Crippen molar-refractivity contribution in [3.05, 3.63) is 89.8 Å². The van der Waals surface area contributed by atoms with Crippen molar-refractivity contribution in [3.8, 4) is 6.07 Å². The monoisotopic (exact) mass is 408 g/mol. The Hall–Kier alpha value is -4.57. The highest BCUT2D eigenvalue weighted by Crippen LogP contribution is 2.27. The van der Waals surface area contributed by atoms with Crippen molar-refractivity contribution in [1.82, 2.24) is 14.5 Å². The molecule has 5 aromatic rings. The van der Waals surface area contributed by atoms with E-state index in [0.717, 1.165) is 27.5 Å². The topological polar surface area (TPSA) is 108 Å². The van der Waals surface area contributed by atoms with Crippen LogP contribution in [0, 0.1) is 11.3 Å². The van der Waals surface area contributed by atoms with Gasteiger partial charge in [-0.25, -0.2) is 9.78 Å². The van der Waals surface area contributed by atoms with E-state index >= 15 is 0 Å². The number of carboxylic acid groups (broad SMARTS) is 1. The quantitative estimate of drug-likeness (QED) is 0.401. The predicted octanol–water partition coefficient (Wildman–Crippen LogP) is 4.92. The van der Waals surface area contributed by atoms with Crippen molar-refractivity contribution in [3.63, 3.8) is 0 Å². The van der Waals surface area contributed by atoms with Gasteiger partial charge in [0.2, 0.25) is 5.76 Å². The first kappa shape index (κ1) is 18.5. The molecule has 3 heterocycles. The lowest BCUT2D eigenvalue weighted by molar-refractivity contribution is 0.0660. The highest BCUT2D eigenvalue weighted by atomic mass is 16.4. The van der Waals surface area contributed by atoms with Gasteiger partial charge in [0.15, 0.2) is 0 Å². The molecule has 2 aromatic carbocycles. The Morgan fingerprint density at radius 1 is 1.16 bits per heavy atom. The van der Waals surface area contributed by atoms with E-state index in [0.29, 0.717) is 23.7 Å². The van der Waals surface area contributed by atoms with Crippen LogP contribution in [0.4, 0.5) is 0 Å². The van der Waals surface area contributed by atoms with E-state index in [1.165, 1.54) is 6.07 Å². The van der Waals surface area contributed by atoms with Gasteiger partial charge in [-0.3, -0.25) is 0 Å². The maximum atomic E-state index is 11.1. The van der Waals surface area contributed by atoms with Crippen LogP contribution in [0.3, 0.4) is 0 Å². The number of H-pyrrole nitrogens is 1. The summed E-state index contributed by atoms with van der Waals surface area (Å²) < 4.78 is 7.38. The minimum absolute atomic E-state index is 0.0942. The molecule has 3 aromatic heterocycles. The number of aromatic nitrogens is 3. The van der Waals surface area contributed by atoms with Crippen LogP contribution in [-0.4, -0.2) is 25.6 Å². The molecule has 7 nitrogen and oxygen atoms in total. The molecule has 2 N–H and O–H groups in total. The summed E-state index contributed by atoms with van der Waals surface area (Å²) in [7, 11) is 0. The van der Waals surface area contributed by atoms with Gasteiger partial charge in [0.25, 0.3) is 0 Å². The number of aromatic carboxylic acids is 1. The molecule has 0 aliphatic rings. The summed E-state index contributed by atoms with van der Waals surface area (Å²) in [5, 5.41) is 19.8. The largest absolute Gasteiger partial charge is 0.475 e. The van der Waals surface area contributed by atoms with Crippen molar-refractivity contribution in [1.29, 1.82) is 5.26 Å². The van der Waals surface area contributed by atoms with E-state index < -0.39 is 5.97 Å². The summed E-state index contributed by atoms with van der Waals surface area (Å²) in [6, 6.07) is 20.8. The fourth-order valence-corrected chi connectivity index (χ4v) is 3.66. The number of imidazole rings is 1. The summed E-state index contributed by atoms with van der Waals surface area (Å²) in [5.74, 6) is -0.149. The lowest BCUT2D eigenvalue weighted by Gasteiger charge is -2.02. The summed E-state index contributed by atoms with van der Waals surface area (Å²) >= 11 is 0. The number of benzene rings is 2. The number of para-hydroxylation sites is 3. The molecule has 0 spiro atoms. The Morgan fingerprint density at radius 2 is 1.97 bits per heavy atom. The van der Waals surface area contributed by atoms with Crippen molar-refractivity contribution < 1.29 is 14.3 Å². The molecule has 0 atom stereocenters. The second-order valence-corrected chi connectivity index (χ2v) is 7.07. The number of nitriles is 1. The molecule has 0 bridgehead atoms. The molecule has 0 saturated carbocycles. The second kappa shape index (κ2) is 7.35. The average Bonchev–Trinajstić information content (AvgIpc) is 3.50. The van der Waals surface area contributed by atoms with Gasteiger partial charge in [-0.1, -0.05) is 30.3 Å². The number of nitrogens with zero attached hydrogens (tertiary/aromatic N) is 3. The highest BCUT2D eigenvalue weighted by molar-refractivity contribution is 5.98. The molecule has 0 saturated heterocycles. The van der Waals surface area contributed by atoms with Gasteiger partial charge in [0.1, 0.15) is 17.7 Å². The molecule has 31 heavy (non-hydrogen) atoms. The molecule has 5 rings (SSSR count). The van der Waals surface area contributed by atoms with Crippen LogP contribution in [0.15, 0.2) is 71.3 Å². The zero-order chi connectivity index (χ0) is 21.4. The van der Waals surface area contributed by atoms with Crippen molar-refractivity contribution in [2.45, 2.75) is 6.54 Å². The number of allylic oxidation sites excluding steroid dienone is 1. The first-order valence-electron chi connectivity index (χ1n) is 9.59. The van der Waals surface area contributed by atoms with Crippen LogP contribution in [-0.2, 0) is 6.54 Å². The summed E-state index contributed by atoms with van der Waals surface area (Å²) in [6.07, 6.45) is 3.73. The molecule has 0 aliphatic carbocycles. The molecule has 0 amide bonds. The van der Waals surface area contributed by atoms with E-state index in [1.54, 1.807) is 12.1 Å².